The average molecular weight is 138 g/mol. The zero-order chi connectivity index (χ0) is 7.56. The van der Waals surface area contributed by atoms with Gasteiger partial charge in [-0.15, -0.1) is 0 Å². The lowest BCUT2D eigenvalue weighted by atomic mass is 9.86. The van der Waals surface area contributed by atoms with Crippen LogP contribution in [-0.4, -0.2) is 5.78 Å². The van der Waals surface area contributed by atoms with E-state index in [1.165, 1.54) is 6.42 Å². The largest absolute Gasteiger partial charge is 0.295 e. The third-order valence-corrected chi connectivity index (χ3v) is 2.15. The van der Waals surface area contributed by atoms with Crippen LogP contribution in [0, 0.1) is 5.92 Å². The molecule has 1 saturated carbocycles. The van der Waals surface area contributed by atoms with Crippen LogP contribution in [0.3, 0.4) is 0 Å². The predicted octanol–water partition coefficient (Wildman–Crippen LogP) is 2.32. The summed E-state index contributed by atoms with van der Waals surface area (Å²) >= 11 is 0. The fraction of sp³-hybridized carbons (Fsp3) is 0.667. The topological polar surface area (TPSA) is 17.1 Å². The quantitative estimate of drug-likeness (QED) is 0.469. The van der Waals surface area contributed by atoms with Crippen molar-refractivity contribution >= 4 is 5.78 Å². The first-order chi connectivity index (χ1) is 4.74. The summed E-state index contributed by atoms with van der Waals surface area (Å²) in [6.07, 6.45) is 4.90. The molecule has 1 fully saturated rings. The first-order valence-corrected chi connectivity index (χ1v) is 3.92. The zero-order valence-electron chi connectivity index (χ0n) is 6.68. The van der Waals surface area contributed by atoms with E-state index in [1.807, 2.05) is 13.0 Å². The van der Waals surface area contributed by atoms with Crippen molar-refractivity contribution in [2.24, 2.45) is 5.92 Å². The lowest BCUT2D eigenvalue weighted by Gasteiger charge is -2.18. The molecule has 0 aliphatic heterocycles. The molecule has 1 aliphatic rings. The molecule has 0 aromatic rings. The molecule has 1 unspecified atom stereocenters. The highest BCUT2D eigenvalue weighted by Crippen LogP contribution is 2.24. The molecule has 0 heterocycles. The SMILES string of the molecule is C/C=C1\CCC(C)CC1=O. The molecule has 1 heteroatoms. The van der Waals surface area contributed by atoms with Crippen LogP contribution in [0.2, 0.25) is 0 Å². The minimum Gasteiger partial charge on any atom is -0.295 e. The van der Waals surface area contributed by atoms with Crippen molar-refractivity contribution in [3.8, 4) is 0 Å². The Morgan fingerprint density at radius 1 is 1.60 bits per heavy atom. The average Bonchev–Trinajstić information content (AvgIpc) is 1.88. The number of rotatable bonds is 0. The minimum atomic E-state index is 0.362. The van der Waals surface area contributed by atoms with Crippen LogP contribution in [0.25, 0.3) is 0 Å². The molecule has 56 valence electrons. The van der Waals surface area contributed by atoms with Crippen molar-refractivity contribution in [3.05, 3.63) is 11.6 Å². The maximum Gasteiger partial charge on any atom is 0.158 e. The Balaban J connectivity index is 2.61. The first-order valence-electron chi connectivity index (χ1n) is 3.92. The Kier molecular flexibility index (Phi) is 2.25. The van der Waals surface area contributed by atoms with Gasteiger partial charge < -0.3 is 0 Å². The third-order valence-electron chi connectivity index (χ3n) is 2.15. The molecule has 10 heavy (non-hydrogen) atoms. The summed E-state index contributed by atoms with van der Waals surface area (Å²) in [5, 5.41) is 0. The Morgan fingerprint density at radius 3 is 2.80 bits per heavy atom. The van der Waals surface area contributed by atoms with Gasteiger partial charge in [0.2, 0.25) is 0 Å². The molecule has 0 saturated heterocycles. The molecule has 0 aromatic heterocycles. The number of carbonyl (C=O) groups is 1. The summed E-state index contributed by atoms with van der Waals surface area (Å²) in [6, 6.07) is 0. The zero-order valence-corrected chi connectivity index (χ0v) is 6.68. The fourth-order valence-electron chi connectivity index (χ4n) is 1.40. The third kappa shape index (κ3) is 1.47. The highest BCUT2D eigenvalue weighted by Gasteiger charge is 2.18. The normalized spacial score (nSPS) is 31.2. The second kappa shape index (κ2) is 3.00. The van der Waals surface area contributed by atoms with Crippen LogP contribution < -0.4 is 0 Å². The molecule has 0 radical (unpaired) electrons. The van der Waals surface area contributed by atoms with Gasteiger partial charge in [0.05, 0.1) is 0 Å². The number of carbonyl (C=O) groups excluding carboxylic acids is 1. The second-order valence-corrected chi connectivity index (χ2v) is 3.09. The molecule has 1 atom stereocenters. The van der Waals surface area contributed by atoms with Crippen LogP contribution in [0.5, 0.6) is 0 Å². The molecule has 0 amide bonds. The number of hydrogen-bond acceptors (Lipinski definition) is 1. The number of ketones is 1. The van der Waals surface area contributed by atoms with Gasteiger partial charge in [0.15, 0.2) is 5.78 Å². The Morgan fingerprint density at radius 2 is 2.30 bits per heavy atom. The van der Waals surface area contributed by atoms with E-state index in [9.17, 15) is 4.79 Å². The van der Waals surface area contributed by atoms with Gasteiger partial charge in [-0.2, -0.15) is 0 Å². The van der Waals surface area contributed by atoms with E-state index < -0.39 is 0 Å². The first kappa shape index (κ1) is 7.52. The van der Waals surface area contributed by atoms with Crippen LogP contribution in [-0.2, 0) is 4.79 Å². The molecule has 1 rings (SSSR count). The maximum atomic E-state index is 11.2. The Labute approximate surface area is 62.1 Å². The number of Topliss-reactive ketones (excluding diaryl/α,β-unsaturated/α-hetero) is 1. The van der Waals surface area contributed by atoms with E-state index in [0.717, 1.165) is 18.4 Å². The second-order valence-electron chi connectivity index (χ2n) is 3.09. The minimum absolute atomic E-state index is 0.362. The summed E-state index contributed by atoms with van der Waals surface area (Å²) in [4.78, 5) is 11.2. The van der Waals surface area contributed by atoms with Gasteiger partial charge in [-0.3, -0.25) is 4.79 Å². The van der Waals surface area contributed by atoms with Crippen molar-refractivity contribution in [3.63, 3.8) is 0 Å². The lowest BCUT2D eigenvalue weighted by molar-refractivity contribution is -0.117. The molecular formula is C9H14O. The van der Waals surface area contributed by atoms with Crippen LogP contribution in [0.4, 0.5) is 0 Å². The van der Waals surface area contributed by atoms with Gasteiger partial charge in [-0.1, -0.05) is 13.0 Å². The van der Waals surface area contributed by atoms with Crippen molar-refractivity contribution in [1.82, 2.24) is 0 Å². The van der Waals surface area contributed by atoms with Gasteiger partial charge in [0, 0.05) is 6.42 Å². The van der Waals surface area contributed by atoms with E-state index in [4.69, 9.17) is 0 Å². The summed E-state index contributed by atoms with van der Waals surface area (Å²) in [5.41, 5.74) is 1.04. The van der Waals surface area contributed by atoms with Crippen molar-refractivity contribution in [2.45, 2.75) is 33.1 Å². The molecule has 0 aromatic carbocycles. The van der Waals surface area contributed by atoms with Crippen molar-refractivity contribution in [2.75, 3.05) is 0 Å². The molecule has 1 aliphatic carbocycles. The summed E-state index contributed by atoms with van der Waals surface area (Å²) < 4.78 is 0. The molecule has 0 bridgehead atoms. The van der Waals surface area contributed by atoms with Gasteiger partial charge in [0.1, 0.15) is 0 Å². The van der Waals surface area contributed by atoms with Crippen LogP contribution >= 0.6 is 0 Å². The van der Waals surface area contributed by atoms with E-state index in [0.29, 0.717) is 11.7 Å². The summed E-state index contributed by atoms with van der Waals surface area (Å²) in [5.74, 6) is 0.970. The molecule has 1 nitrogen and oxygen atoms in total. The smallest absolute Gasteiger partial charge is 0.158 e. The van der Waals surface area contributed by atoms with Gasteiger partial charge in [-0.05, 0) is 31.3 Å². The van der Waals surface area contributed by atoms with Gasteiger partial charge in [-0.25, -0.2) is 0 Å². The predicted molar refractivity (Wildman–Crippen MR) is 41.8 cm³/mol. The van der Waals surface area contributed by atoms with Crippen molar-refractivity contribution < 1.29 is 4.79 Å². The molecular weight excluding hydrogens is 124 g/mol. The van der Waals surface area contributed by atoms with Crippen molar-refractivity contribution in [1.29, 1.82) is 0 Å². The monoisotopic (exact) mass is 138 g/mol. The van der Waals surface area contributed by atoms with E-state index >= 15 is 0 Å². The lowest BCUT2D eigenvalue weighted by Crippen LogP contribution is -2.14. The van der Waals surface area contributed by atoms with E-state index in [2.05, 4.69) is 6.92 Å². The molecule has 0 spiro atoms. The van der Waals surface area contributed by atoms with E-state index in [1.54, 1.807) is 0 Å². The number of hydrogen-bond donors (Lipinski definition) is 0. The van der Waals surface area contributed by atoms with Gasteiger partial charge in [0.25, 0.3) is 0 Å². The Hall–Kier alpha value is -0.590. The Bertz CT molecular complexity index is 168. The standard InChI is InChI=1S/C9H14O/c1-3-8-5-4-7(2)6-9(8)10/h3,7H,4-6H2,1-2H3/b8-3+. The fourth-order valence-corrected chi connectivity index (χ4v) is 1.40. The van der Waals surface area contributed by atoms with Gasteiger partial charge >= 0.3 is 0 Å². The van der Waals surface area contributed by atoms with E-state index in [-0.39, 0.29) is 0 Å². The highest BCUT2D eigenvalue weighted by molar-refractivity contribution is 5.96. The number of allylic oxidation sites excluding steroid dienone is 2. The highest BCUT2D eigenvalue weighted by atomic mass is 16.1. The summed E-state index contributed by atoms with van der Waals surface area (Å²) in [6.45, 7) is 4.09. The molecule has 0 N–H and O–H groups in total. The van der Waals surface area contributed by atoms with Crippen LogP contribution in [0.15, 0.2) is 11.6 Å². The maximum absolute atomic E-state index is 11.2. The van der Waals surface area contributed by atoms with Crippen LogP contribution in [0.1, 0.15) is 33.1 Å². The summed E-state index contributed by atoms with van der Waals surface area (Å²) in [7, 11) is 0.